The van der Waals surface area contributed by atoms with Crippen molar-refractivity contribution in [3.05, 3.63) is 72.3 Å². The Morgan fingerprint density at radius 2 is 2.00 bits per heavy atom. The second kappa shape index (κ2) is 5.92. The van der Waals surface area contributed by atoms with E-state index in [-0.39, 0.29) is 0 Å². The van der Waals surface area contributed by atoms with Crippen LogP contribution in [0, 0.1) is 6.92 Å². The Morgan fingerprint density at radius 3 is 2.80 bits per heavy atom. The Bertz CT molecular complexity index is 692. The van der Waals surface area contributed by atoms with E-state index in [4.69, 9.17) is 0 Å². The zero-order valence-electron chi connectivity index (χ0n) is 11.2. The topological polar surface area (TPSA) is 30.7 Å². The molecule has 3 aromatic rings. The highest BCUT2D eigenvalue weighted by Crippen LogP contribution is 2.25. The smallest absolute Gasteiger partial charge is 0.172 e. The molecule has 0 amide bonds. The number of imidazole rings is 1. The fourth-order valence-electron chi connectivity index (χ4n) is 2.04. The first-order valence-corrected chi connectivity index (χ1v) is 7.44. The quantitative estimate of drug-likeness (QED) is 0.680. The van der Waals surface area contributed by atoms with Crippen molar-refractivity contribution in [2.45, 2.75) is 17.8 Å². The molecule has 4 heteroatoms. The van der Waals surface area contributed by atoms with Crippen LogP contribution >= 0.6 is 11.8 Å². The van der Waals surface area contributed by atoms with Crippen LogP contribution in [0.15, 0.2) is 66.3 Å². The van der Waals surface area contributed by atoms with Gasteiger partial charge in [-0.05, 0) is 30.2 Å². The Hall–Kier alpha value is -2.07. The molecule has 3 rings (SSSR count). The molecule has 0 bridgehead atoms. The maximum absolute atomic E-state index is 4.45. The number of hydrogen-bond donors (Lipinski definition) is 0. The van der Waals surface area contributed by atoms with Gasteiger partial charge in [0.15, 0.2) is 5.16 Å². The second-order valence-electron chi connectivity index (χ2n) is 4.52. The lowest BCUT2D eigenvalue weighted by Crippen LogP contribution is -1.97. The van der Waals surface area contributed by atoms with Crippen LogP contribution < -0.4 is 0 Å². The molecule has 20 heavy (non-hydrogen) atoms. The van der Waals surface area contributed by atoms with E-state index in [0.29, 0.717) is 0 Å². The van der Waals surface area contributed by atoms with Gasteiger partial charge in [0.25, 0.3) is 0 Å². The van der Waals surface area contributed by atoms with Gasteiger partial charge in [0.1, 0.15) is 0 Å². The first-order chi connectivity index (χ1) is 9.84. The van der Waals surface area contributed by atoms with E-state index in [1.54, 1.807) is 18.0 Å². The minimum Gasteiger partial charge on any atom is -0.295 e. The molecule has 2 heterocycles. The SMILES string of the molecule is Cc1ccccc1-n1ccnc1SCc1cccnc1. The zero-order valence-corrected chi connectivity index (χ0v) is 12.0. The van der Waals surface area contributed by atoms with E-state index in [1.165, 1.54) is 16.8 Å². The summed E-state index contributed by atoms with van der Waals surface area (Å²) in [6.45, 7) is 2.12. The standard InChI is InChI=1S/C16H15N3S/c1-13-5-2-3-7-15(13)19-10-9-18-16(19)20-12-14-6-4-8-17-11-14/h2-11H,12H2,1H3. The molecule has 0 aliphatic rings. The number of rotatable bonds is 4. The third-order valence-corrected chi connectivity index (χ3v) is 4.11. The van der Waals surface area contributed by atoms with Crippen molar-refractivity contribution in [2.24, 2.45) is 0 Å². The fraction of sp³-hybridized carbons (Fsp3) is 0.125. The summed E-state index contributed by atoms with van der Waals surface area (Å²) in [6.07, 6.45) is 7.54. The zero-order chi connectivity index (χ0) is 13.8. The first-order valence-electron chi connectivity index (χ1n) is 6.45. The first kappa shape index (κ1) is 12.9. The van der Waals surface area contributed by atoms with Gasteiger partial charge in [-0.3, -0.25) is 9.55 Å². The summed E-state index contributed by atoms with van der Waals surface area (Å²) < 4.78 is 2.14. The van der Waals surface area contributed by atoms with Gasteiger partial charge in [-0.25, -0.2) is 4.98 Å². The molecular formula is C16H15N3S. The van der Waals surface area contributed by atoms with Crippen molar-refractivity contribution in [1.82, 2.24) is 14.5 Å². The van der Waals surface area contributed by atoms with Crippen LogP contribution in [0.5, 0.6) is 0 Å². The fourth-order valence-corrected chi connectivity index (χ4v) is 2.95. The van der Waals surface area contributed by atoms with Gasteiger partial charge in [0.05, 0.1) is 5.69 Å². The molecule has 2 aromatic heterocycles. The maximum Gasteiger partial charge on any atom is 0.172 e. The highest BCUT2D eigenvalue weighted by atomic mass is 32.2. The van der Waals surface area contributed by atoms with Crippen LogP contribution in [0.25, 0.3) is 5.69 Å². The highest BCUT2D eigenvalue weighted by molar-refractivity contribution is 7.98. The predicted molar refractivity (Wildman–Crippen MR) is 82.1 cm³/mol. The lowest BCUT2D eigenvalue weighted by molar-refractivity contribution is 0.887. The van der Waals surface area contributed by atoms with Gasteiger partial charge in [-0.2, -0.15) is 0 Å². The lowest BCUT2D eigenvalue weighted by atomic mass is 10.2. The normalized spacial score (nSPS) is 10.7. The molecular weight excluding hydrogens is 266 g/mol. The monoisotopic (exact) mass is 281 g/mol. The molecule has 0 radical (unpaired) electrons. The van der Waals surface area contributed by atoms with Gasteiger partial charge in [0.2, 0.25) is 0 Å². The average Bonchev–Trinajstić information content (AvgIpc) is 2.95. The molecule has 0 aliphatic heterocycles. The van der Waals surface area contributed by atoms with Gasteiger partial charge >= 0.3 is 0 Å². The van der Waals surface area contributed by atoms with E-state index < -0.39 is 0 Å². The van der Waals surface area contributed by atoms with Crippen LogP contribution in [-0.4, -0.2) is 14.5 Å². The summed E-state index contributed by atoms with van der Waals surface area (Å²) in [5.74, 6) is 0.872. The molecule has 3 nitrogen and oxygen atoms in total. The molecule has 1 aromatic carbocycles. The molecule has 0 saturated heterocycles. The molecule has 100 valence electrons. The number of aromatic nitrogens is 3. The summed E-state index contributed by atoms with van der Waals surface area (Å²) in [5.41, 5.74) is 3.63. The Labute approximate surface area is 122 Å². The third-order valence-electron chi connectivity index (χ3n) is 3.07. The molecule has 0 spiro atoms. The van der Waals surface area contributed by atoms with Crippen molar-refractivity contribution in [3.63, 3.8) is 0 Å². The molecule has 0 fully saturated rings. The van der Waals surface area contributed by atoms with Gasteiger partial charge in [0, 0.05) is 30.5 Å². The molecule has 0 aliphatic carbocycles. The lowest BCUT2D eigenvalue weighted by Gasteiger charge is -2.10. The van der Waals surface area contributed by atoms with Crippen LogP contribution in [0.3, 0.4) is 0 Å². The maximum atomic E-state index is 4.45. The van der Waals surface area contributed by atoms with Gasteiger partial charge in [-0.1, -0.05) is 36.0 Å². The Kier molecular flexibility index (Phi) is 3.83. The third kappa shape index (κ3) is 2.75. The van der Waals surface area contributed by atoms with Crippen LogP contribution in [0.1, 0.15) is 11.1 Å². The summed E-state index contributed by atoms with van der Waals surface area (Å²) in [6, 6.07) is 12.4. The van der Waals surface area contributed by atoms with Crippen LogP contribution in [0.4, 0.5) is 0 Å². The predicted octanol–water partition coefficient (Wildman–Crippen LogP) is 3.87. The summed E-state index contributed by atoms with van der Waals surface area (Å²) in [5, 5.41) is 1.00. The minimum atomic E-state index is 0.872. The van der Waals surface area contributed by atoms with Crippen LogP contribution in [-0.2, 0) is 5.75 Å². The number of nitrogens with zero attached hydrogens (tertiary/aromatic N) is 3. The number of aryl methyl sites for hydroxylation is 1. The van der Waals surface area contributed by atoms with E-state index in [1.807, 2.05) is 24.7 Å². The number of benzene rings is 1. The van der Waals surface area contributed by atoms with Crippen molar-refractivity contribution in [1.29, 1.82) is 0 Å². The van der Waals surface area contributed by atoms with E-state index in [9.17, 15) is 0 Å². The van der Waals surface area contributed by atoms with Crippen LogP contribution in [0.2, 0.25) is 0 Å². The largest absolute Gasteiger partial charge is 0.295 e. The van der Waals surface area contributed by atoms with E-state index in [2.05, 4.69) is 51.8 Å². The number of thioether (sulfide) groups is 1. The van der Waals surface area contributed by atoms with Gasteiger partial charge < -0.3 is 0 Å². The molecule has 0 atom stereocenters. The summed E-state index contributed by atoms with van der Waals surface area (Å²) in [7, 11) is 0. The Balaban J connectivity index is 1.83. The molecule has 0 unspecified atom stereocenters. The van der Waals surface area contributed by atoms with Crippen molar-refractivity contribution in [3.8, 4) is 5.69 Å². The minimum absolute atomic E-state index is 0.872. The number of hydrogen-bond acceptors (Lipinski definition) is 3. The van der Waals surface area contributed by atoms with Crippen molar-refractivity contribution in [2.75, 3.05) is 0 Å². The highest BCUT2D eigenvalue weighted by Gasteiger charge is 2.07. The van der Waals surface area contributed by atoms with Crippen molar-refractivity contribution < 1.29 is 0 Å². The summed E-state index contributed by atoms with van der Waals surface area (Å²) >= 11 is 1.72. The van der Waals surface area contributed by atoms with E-state index in [0.717, 1.165) is 10.9 Å². The van der Waals surface area contributed by atoms with E-state index >= 15 is 0 Å². The number of pyridine rings is 1. The molecule has 0 N–H and O–H groups in total. The van der Waals surface area contributed by atoms with Gasteiger partial charge in [-0.15, -0.1) is 0 Å². The van der Waals surface area contributed by atoms with Crippen molar-refractivity contribution >= 4 is 11.8 Å². The second-order valence-corrected chi connectivity index (χ2v) is 5.46. The molecule has 0 saturated carbocycles. The summed E-state index contributed by atoms with van der Waals surface area (Å²) in [4.78, 5) is 8.59. The Morgan fingerprint density at radius 1 is 1.10 bits per heavy atom. The number of para-hydroxylation sites is 1. The average molecular weight is 281 g/mol.